The summed E-state index contributed by atoms with van der Waals surface area (Å²) in [6.45, 7) is 3.66. The summed E-state index contributed by atoms with van der Waals surface area (Å²) in [4.78, 5) is 10.7. The molecule has 0 aliphatic heterocycles. The molecule has 0 aliphatic rings. The third-order valence-electron chi connectivity index (χ3n) is 1.07. The van der Waals surface area contributed by atoms with Gasteiger partial charge in [0.25, 0.3) is 0 Å². The Hall–Kier alpha value is -0.370. The molecule has 0 atom stereocenters. The Morgan fingerprint density at radius 2 is 2.11 bits per heavy atom. The average molecular weight is 129 g/mol. The zero-order valence-corrected chi connectivity index (χ0v) is 5.60. The van der Waals surface area contributed by atoms with Gasteiger partial charge in [0.05, 0.1) is 0 Å². The first-order valence-electron chi connectivity index (χ1n) is 3.23. The second-order valence-electron chi connectivity index (χ2n) is 1.97. The van der Waals surface area contributed by atoms with E-state index in [-0.39, 0.29) is 12.4 Å². The molecular weight excluding hydrogens is 116 g/mol. The molecular formula is C7H13O2. The number of Topliss-reactive ketones (excluding diaryl/α,β-unsaturated/α-hetero) is 1. The molecule has 0 fully saturated rings. The van der Waals surface area contributed by atoms with Crippen LogP contribution in [0.2, 0.25) is 0 Å². The molecule has 0 amide bonds. The molecule has 2 heteroatoms. The van der Waals surface area contributed by atoms with E-state index in [2.05, 4.69) is 6.92 Å². The van der Waals surface area contributed by atoms with Gasteiger partial charge < -0.3 is 5.11 Å². The Morgan fingerprint density at radius 3 is 2.56 bits per heavy atom. The van der Waals surface area contributed by atoms with Crippen LogP contribution < -0.4 is 0 Å². The third kappa shape index (κ3) is 5.50. The van der Waals surface area contributed by atoms with Crippen LogP contribution in [0.4, 0.5) is 0 Å². The number of aliphatic hydroxyl groups is 1. The summed E-state index contributed by atoms with van der Waals surface area (Å²) in [6.07, 6.45) is 2.33. The molecule has 0 aliphatic carbocycles. The lowest BCUT2D eigenvalue weighted by Crippen LogP contribution is -1.97. The van der Waals surface area contributed by atoms with Gasteiger partial charge in [-0.2, -0.15) is 0 Å². The lowest BCUT2D eigenvalue weighted by atomic mass is 10.1. The van der Waals surface area contributed by atoms with Gasteiger partial charge in [0.2, 0.25) is 0 Å². The first kappa shape index (κ1) is 8.63. The van der Waals surface area contributed by atoms with E-state index in [9.17, 15) is 4.79 Å². The number of carbonyl (C=O) groups is 1. The fourth-order valence-corrected chi connectivity index (χ4v) is 0.598. The van der Waals surface area contributed by atoms with Crippen LogP contribution in [-0.2, 0) is 4.79 Å². The maximum absolute atomic E-state index is 10.7. The highest BCUT2D eigenvalue weighted by Gasteiger charge is 1.97. The zero-order valence-electron chi connectivity index (χ0n) is 5.60. The van der Waals surface area contributed by atoms with Crippen molar-refractivity contribution in [3.63, 3.8) is 0 Å². The predicted molar refractivity (Wildman–Crippen MR) is 35.9 cm³/mol. The van der Waals surface area contributed by atoms with Crippen molar-refractivity contribution in [1.82, 2.24) is 0 Å². The quantitative estimate of drug-likeness (QED) is 0.600. The Bertz CT molecular complexity index is 79.0. The normalized spacial score (nSPS) is 9.56. The Labute approximate surface area is 55.9 Å². The highest BCUT2D eigenvalue weighted by Crippen LogP contribution is 1.96. The van der Waals surface area contributed by atoms with Crippen molar-refractivity contribution in [2.45, 2.75) is 25.7 Å². The Kier molecular flexibility index (Phi) is 5.52. The summed E-state index contributed by atoms with van der Waals surface area (Å²) < 4.78 is 0. The van der Waals surface area contributed by atoms with E-state index >= 15 is 0 Å². The fraction of sp³-hybridized carbons (Fsp3) is 0.714. The smallest absolute Gasteiger partial charge is 0.132 e. The fourth-order valence-electron chi connectivity index (χ4n) is 0.598. The second-order valence-corrected chi connectivity index (χ2v) is 1.97. The molecule has 0 aromatic heterocycles. The highest BCUT2D eigenvalue weighted by molar-refractivity contribution is 5.78. The summed E-state index contributed by atoms with van der Waals surface area (Å²) in [5.41, 5.74) is 0. The molecule has 0 aromatic rings. The molecule has 53 valence electrons. The van der Waals surface area contributed by atoms with Gasteiger partial charge >= 0.3 is 0 Å². The molecule has 2 nitrogen and oxygen atoms in total. The number of ketones is 1. The number of hydrogen-bond donors (Lipinski definition) is 1. The van der Waals surface area contributed by atoms with E-state index in [4.69, 9.17) is 5.11 Å². The van der Waals surface area contributed by atoms with Crippen LogP contribution in [0.15, 0.2) is 0 Å². The van der Waals surface area contributed by atoms with E-state index in [1.165, 1.54) is 0 Å². The summed E-state index contributed by atoms with van der Waals surface area (Å²) in [7, 11) is 0. The van der Waals surface area contributed by atoms with E-state index < -0.39 is 0 Å². The molecule has 1 radical (unpaired) electrons. The van der Waals surface area contributed by atoms with Gasteiger partial charge in [-0.05, 0) is 12.8 Å². The molecule has 0 rings (SSSR count). The van der Waals surface area contributed by atoms with Crippen molar-refractivity contribution in [2.75, 3.05) is 6.61 Å². The number of rotatable bonds is 5. The lowest BCUT2D eigenvalue weighted by Gasteiger charge is -1.93. The lowest BCUT2D eigenvalue weighted by molar-refractivity contribution is -0.119. The van der Waals surface area contributed by atoms with Crippen molar-refractivity contribution in [1.29, 1.82) is 0 Å². The Balaban J connectivity index is 3.06. The van der Waals surface area contributed by atoms with Crippen LogP contribution >= 0.6 is 0 Å². The number of hydrogen-bond acceptors (Lipinski definition) is 2. The largest absolute Gasteiger partial charge is 0.396 e. The molecule has 9 heavy (non-hydrogen) atoms. The maximum Gasteiger partial charge on any atom is 0.132 e. The van der Waals surface area contributed by atoms with E-state index in [1.807, 2.05) is 0 Å². The van der Waals surface area contributed by atoms with Crippen molar-refractivity contribution in [3.8, 4) is 0 Å². The summed E-state index contributed by atoms with van der Waals surface area (Å²) in [5.74, 6) is 0.207. The minimum absolute atomic E-state index is 0.114. The third-order valence-corrected chi connectivity index (χ3v) is 1.07. The van der Waals surface area contributed by atoms with Gasteiger partial charge in [0.15, 0.2) is 0 Å². The van der Waals surface area contributed by atoms with Crippen molar-refractivity contribution >= 4 is 5.78 Å². The van der Waals surface area contributed by atoms with Crippen LogP contribution in [0.5, 0.6) is 0 Å². The van der Waals surface area contributed by atoms with Crippen LogP contribution in [0.3, 0.4) is 0 Å². The predicted octanol–water partition coefficient (Wildman–Crippen LogP) is 0.942. The standard InChI is InChI=1S/C7H13O2/c1-2-4-7(9)5-3-6-8/h8H,1-6H2. The highest BCUT2D eigenvalue weighted by atomic mass is 16.3. The molecule has 0 bridgehead atoms. The number of carbonyl (C=O) groups excluding carboxylic acids is 1. The van der Waals surface area contributed by atoms with Gasteiger partial charge in [-0.15, -0.1) is 0 Å². The molecule has 1 N–H and O–H groups in total. The van der Waals surface area contributed by atoms with E-state index in [1.54, 1.807) is 0 Å². The minimum atomic E-state index is 0.114. The van der Waals surface area contributed by atoms with Gasteiger partial charge in [-0.1, -0.05) is 6.92 Å². The minimum Gasteiger partial charge on any atom is -0.396 e. The van der Waals surface area contributed by atoms with Crippen molar-refractivity contribution < 1.29 is 9.90 Å². The monoisotopic (exact) mass is 129 g/mol. The summed E-state index contributed by atoms with van der Waals surface area (Å²) >= 11 is 0. The van der Waals surface area contributed by atoms with Gasteiger partial charge in [-0.3, -0.25) is 4.79 Å². The average Bonchev–Trinajstić information content (AvgIpc) is 1.85. The SMILES string of the molecule is [CH2]CCC(=O)CCCO. The summed E-state index contributed by atoms with van der Waals surface area (Å²) in [5, 5.41) is 8.32. The van der Waals surface area contributed by atoms with Crippen LogP contribution in [0, 0.1) is 6.92 Å². The molecule has 0 aromatic carbocycles. The van der Waals surface area contributed by atoms with E-state index in [0.717, 1.165) is 0 Å². The first-order valence-corrected chi connectivity index (χ1v) is 3.23. The topological polar surface area (TPSA) is 37.3 Å². The molecule has 0 spiro atoms. The van der Waals surface area contributed by atoms with Crippen LogP contribution in [-0.4, -0.2) is 17.5 Å². The van der Waals surface area contributed by atoms with E-state index in [0.29, 0.717) is 25.7 Å². The Morgan fingerprint density at radius 1 is 1.44 bits per heavy atom. The maximum atomic E-state index is 10.7. The number of aliphatic hydroxyl groups excluding tert-OH is 1. The first-order chi connectivity index (χ1) is 4.31. The molecule has 0 saturated heterocycles. The zero-order chi connectivity index (χ0) is 7.11. The molecule has 0 saturated carbocycles. The van der Waals surface area contributed by atoms with Crippen molar-refractivity contribution in [3.05, 3.63) is 6.92 Å². The van der Waals surface area contributed by atoms with Crippen LogP contribution in [0.25, 0.3) is 0 Å². The van der Waals surface area contributed by atoms with Gasteiger partial charge in [0, 0.05) is 19.4 Å². The second kappa shape index (κ2) is 5.76. The van der Waals surface area contributed by atoms with Crippen molar-refractivity contribution in [2.24, 2.45) is 0 Å². The van der Waals surface area contributed by atoms with Crippen LogP contribution in [0.1, 0.15) is 25.7 Å². The van der Waals surface area contributed by atoms with Gasteiger partial charge in [0.1, 0.15) is 5.78 Å². The molecule has 0 heterocycles. The van der Waals surface area contributed by atoms with Gasteiger partial charge in [-0.25, -0.2) is 0 Å². The summed E-state index contributed by atoms with van der Waals surface area (Å²) in [6, 6.07) is 0. The molecule has 0 unspecified atom stereocenters.